The highest BCUT2D eigenvalue weighted by molar-refractivity contribution is 7.17. The van der Waals surface area contributed by atoms with Crippen LogP contribution in [-0.2, 0) is 17.6 Å². The summed E-state index contributed by atoms with van der Waals surface area (Å²) >= 11 is 1.57. The van der Waals surface area contributed by atoms with E-state index in [9.17, 15) is 9.59 Å². The molecule has 1 aliphatic rings. The van der Waals surface area contributed by atoms with E-state index in [-0.39, 0.29) is 5.91 Å². The third kappa shape index (κ3) is 7.57. The molecule has 0 aliphatic heterocycles. The zero-order valence-electron chi connectivity index (χ0n) is 17.6. The minimum absolute atomic E-state index is 0.0136. The summed E-state index contributed by atoms with van der Waals surface area (Å²) in [6.07, 6.45) is 18.2. The van der Waals surface area contributed by atoms with Gasteiger partial charge in [-0.15, -0.1) is 11.3 Å². The fraction of sp³-hybridized carbons (Fsp3) is 0.739. The first-order valence-corrected chi connectivity index (χ1v) is 12.2. The van der Waals surface area contributed by atoms with E-state index in [0.29, 0.717) is 17.0 Å². The topological polar surface area (TPSA) is 72.2 Å². The summed E-state index contributed by atoms with van der Waals surface area (Å²) in [6.45, 7) is 2.24. The van der Waals surface area contributed by atoms with E-state index in [1.807, 2.05) is 0 Å². The lowest BCUT2D eigenvalue weighted by Gasteiger charge is -2.10. The smallest absolute Gasteiger partial charge is 0.251 e. The van der Waals surface area contributed by atoms with Crippen LogP contribution in [0.25, 0.3) is 0 Å². The molecule has 1 aromatic heterocycles. The molecule has 0 bridgehead atoms. The normalized spacial score (nSPS) is 14.2. The molecule has 1 aromatic rings. The van der Waals surface area contributed by atoms with Crippen LogP contribution in [-0.4, -0.2) is 11.8 Å². The van der Waals surface area contributed by atoms with Crippen molar-refractivity contribution in [1.29, 1.82) is 0 Å². The molecule has 3 N–H and O–H groups in total. The fourth-order valence-electron chi connectivity index (χ4n) is 4.05. The predicted octanol–water partition coefficient (Wildman–Crippen LogP) is 6.37. The van der Waals surface area contributed by atoms with E-state index in [1.165, 1.54) is 62.7 Å². The summed E-state index contributed by atoms with van der Waals surface area (Å²) in [6, 6.07) is 0. The molecule has 0 unspecified atom stereocenters. The van der Waals surface area contributed by atoms with Gasteiger partial charge in [-0.05, 0) is 37.7 Å². The minimum Gasteiger partial charge on any atom is -0.365 e. The van der Waals surface area contributed by atoms with E-state index in [1.54, 1.807) is 11.3 Å². The van der Waals surface area contributed by atoms with Crippen molar-refractivity contribution < 1.29 is 9.59 Å². The molecule has 1 heterocycles. The molecular formula is C23H38N2O2S. The number of hydrogen-bond donors (Lipinski definition) is 2. The van der Waals surface area contributed by atoms with Crippen LogP contribution >= 0.6 is 11.3 Å². The van der Waals surface area contributed by atoms with Gasteiger partial charge in [0.2, 0.25) is 5.91 Å². The molecule has 5 heteroatoms. The van der Waals surface area contributed by atoms with Gasteiger partial charge in [-0.1, -0.05) is 71.1 Å². The second-order valence-electron chi connectivity index (χ2n) is 8.11. The zero-order valence-corrected chi connectivity index (χ0v) is 18.4. The second kappa shape index (κ2) is 13.0. The number of anilines is 1. The van der Waals surface area contributed by atoms with Crippen LogP contribution in [0.2, 0.25) is 0 Å². The molecule has 28 heavy (non-hydrogen) atoms. The first-order chi connectivity index (χ1) is 13.6. The Bertz CT molecular complexity index is 624. The van der Waals surface area contributed by atoms with Gasteiger partial charge < -0.3 is 11.1 Å². The molecule has 1 aliphatic carbocycles. The highest BCUT2D eigenvalue weighted by Gasteiger charge is 2.23. The molecule has 158 valence electrons. The summed E-state index contributed by atoms with van der Waals surface area (Å²) < 4.78 is 0. The Morgan fingerprint density at radius 3 is 2.14 bits per heavy atom. The van der Waals surface area contributed by atoms with Crippen molar-refractivity contribution in [2.24, 2.45) is 5.73 Å². The van der Waals surface area contributed by atoms with Crippen LogP contribution in [0.3, 0.4) is 0 Å². The van der Waals surface area contributed by atoms with E-state index in [4.69, 9.17) is 5.73 Å². The number of nitrogens with one attached hydrogen (secondary N) is 1. The largest absolute Gasteiger partial charge is 0.365 e. The quantitative estimate of drug-likeness (QED) is 0.396. The summed E-state index contributed by atoms with van der Waals surface area (Å²) in [7, 11) is 0. The van der Waals surface area contributed by atoms with Gasteiger partial charge in [0.05, 0.1) is 5.56 Å². The summed E-state index contributed by atoms with van der Waals surface area (Å²) in [5, 5.41) is 3.67. The Balaban J connectivity index is 1.77. The molecule has 0 aromatic carbocycles. The van der Waals surface area contributed by atoms with Crippen molar-refractivity contribution in [2.45, 2.75) is 110 Å². The van der Waals surface area contributed by atoms with Crippen molar-refractivity contribution in [3.8, 4) is 0 Å². The highest BCUT2D eigenvalue weighted by atomic mass is 32.1. The Morgan fingerprint density at radius 1 is 0.893 bits per heavy atom. The van der Waals surface area contributed by atoms with Crippen LogP contribution in [0.1, 0.15) is 118 Å². The Labute approximate surface area is 174 Å². The average Bonchev–Trinajstić information content (AvgIpc) is 2.96. The van der Waals surface area contributed by atoms with Crippen molar-refractivity contribution >= 4 is 28.2 Å². The standard InChI is InChI=1S/C23H38N2O2S/c1-2-3-4-5-6-7-8-9-14-17-20(26)25-23-21(22(24)27)18-15-12-10-11-13-16-19(18)28-23/h2-17H2,1H3,(H2,24,27)(H,25,26). The van der Waals surface area contributed by atoms with Crippen LogP contribution in [0.5, 0.6) is 0 Å². The first kappa shape index (κ1) is 22.9. The third-order valence-corrected chi connectivity index (χ3v) is 6.89. The SMILES string of the molecule is CCCCCCCCCCCC(=O)Nc1sc2c(c1C(N)=O)CCCCCC2. The second-order valence-corrected chi connectivity index (χ2v) is 9.22. The van der Waals surface area contributed by atoms with Gasteiger partial charge in [0, 0.05) is 11.3 Å². The number of fused-ring (bicyclic) bond motifs is 1. The van der Waals surface area contributed by atoms with Crippen molar-refractivity contribution in [3.63, 3.8) is 0 Å². The number of carbonyl (C=O) groups excluding carboxylic acids is 2. The average molecular weight is 407 g/mol. The van der Waals surface area contributed by atoms with Gasteiger partial charge >= 0.3 is 0 Å². The monoisotopic (exact) mass is 406 g/mol. The number of thiophene rings is 1. The van der Waals surface area contributed by atoms with E-state index in [0.717, 1.165) is 44.1 Å². The number of hydrogen-bond acceptors (Lipinski definition) is 3. The summed E-state index contributed by atoms with van der Waals surface area (Å²) in [5.41, 5.74) is 7.33. The van der Waals surface area contributed by atoms with Crippen LogP contribution in [0.4, 0.5) is 5.00 Å². The lowest BCUT2D eigenvalue weighted by molar-refractivity contribution is -0.116. The van der Waals surface area contributed by atoms with E-state index in [2.05, 4.69) is 12.2 Å². The van der Waals surface area contributed by atoms with Crippen molar-refractivity contribution in [2.75, 3.05) is 5.32 Å². The van der Waals surface area contributed by atoms with Crippen LogP contribution in [0, 0.1) is 0 Å². The van der Waals surface area contributed by atoms with Gasteiger partial charge in [-0.2, -0.15) is 0 Å². The maximum atomic E-state index is 12.4. The number of amides is 2. The van der Waals surface area contributed by atoms with Gasteiger partial charge in [0.15, 0.2) is 0 Å². The highest BCUT2D eigenvalue weighted by Crippen LogP contribution is 2.37. The van der Waals surface area contributed by atoms with Gasteiger partial charge in [-0.25, -0.2) is 0 Å². The lowest BCUT2D eigenvalue weighted by Crippen LogP contribution is -2.18. The Hall–Kier alpha value is -1.36. The number of unbranched alkanes of at least 4 members (excludes halogenated alkanes) is 8. The van der Waals surface area contributed by atoms with Gasteiger partial charge in [0.25, 0.3) is 5.91 Å². The van der Waals surface area contributed by atoms with E-state index >= 15 is 0 Å². The zero-order chi connectivity index (χ0) is 20.2. The number of primary amides is 1. The number of aryl methyl sites for hydroxylation is 1. The Morgan fingerprint density at radius 2 is 1.50 bits per heavy atom. The first-order valence-electron chi connectivity index (χ1n) is 11.4. The van der Waals surface area contributed by atoms with E-state index < -0.39 is 5.91 Å². The number of rotatable bonds is 12. The van der Waals surface area contributed by atoms with Crippen LogP contribution in [0.15, 0.2) is 0 Å². The summed E-state index contributed by atoms with van der Waals surface area (Å²) in [5.74, 6) is -0.392. The molecule has 0 fully saturated rings. The molecule has 2 amide bonds. The predicted molar refractivity (Wildman–Crippen MR) is 119 cm³/mol. The molecule has 0 saturated carbocycles. The molecule has 0 spiro atoms. The lowest BCUT2D eigenvalue weighted by atomic mass is 9.96. The minimum atomic E-state index is -0.406. The summed E-state index contributed by atoms with van der Waals surface area (Å²) in [4.78, 5) is 25.7. The van der Waals surface area contributed by atoms with Gasteiger partial charge in [0.1, 0.15) is 5.00 Å². The molecule has 2 rings (SSSR count). The van der Waals surface area contributed by atoms with Gasteiger partial charge in [-0.3, -0.25) is 9.59 Å². The Kier molecular flexibility index (Phi) is 10.6. The number of nitrogens with two attached hydrogens (primary N) is 1. The molecule has 4 nitrogen and oxygen atoms in total. The third-order valence-electron chi connectivity index (χ3n) is 5.68. The number of carbonyl (C=O) groups is 2. The van der Waals surface area contributed by atoms with Crippen molar-refractivity contribution in [1.82, 2.24) is 0 Å². The van der Waals surface area contributed by atoms with Crippen LogP contribution < -0.4 is 11.1 Å². The molecule has 0 atom stereocenters. The molecule has 0 saturated heterocycles. The molecular weight excluding hydrogens is 368 g/mol. The maximum absolute atomic E-state index is 12.4. The molecule has 0 radical (unpaired) electrons. The fourth-order valence-corrected chi connectivity index (χ4v) is 5.36. The maximum Gasteiger partial charge on any atom is 0.251 e. The van der Waals surface area contributed by atoms with Crippen molar-refractivity contribution in [3.05, 3.63) is 16.0 Å².